The molecule has 3 aliphatic rings. The van der Waals surface area contributed by atoms with Crippen LogP contribution in [-0.4, -0.2) is 68.4 Å². The maximum Gasteiger partial charge on any atom is 0.410 e. The number of rotatable bonds is 8. The minimum Gasteiger partial charge on any atom is -0.444 e. The van der Waals surface area contributed by atoms with Gasteiger partial charge in [0, 0.05) is 24.6 Å². The van der Waals surface area contributed by atoms with Gasteiger partial charge in [-0.05, 0) is 91.1 Å². The summed E-state index contributed by atoms with van der Waals surface area (Å²) in [4.78, 5) is 43.6. The number of nitrogens with zero attached hydrogens (tertiary/aromatic N) is 4. The molecular formula is C46H52N7O3+. The number of aromatic nitrogens is 2. The molecule has 10 heteroatoms. The zero-order valence-electron chi connectivity index (χ0n) is 32.9. The molecule has 0 radical (unpaired) electrons. The largest absolute Gasteiger partial charge is 0.444 e. The first-order valence-corrected chi connectivity index (χ1v) is 19.9. The van der Waals surface area contributed by atoms with Gasteiger partial charge in [-0.1, -0.05) is 92.7 Å². The molecule has 288 valence electrons. The highest BCUT2D eigenvalue weighted by molar-refractivity contribution is 5.95. The van der Waals surface area contributed by atoms with Crippen LogP contribution < -0.4 is 11.1 Å². The fraction of sp³-hybridized carbons (Fsp3) is 0.348. The number of nitrogens with two attached hydrogens (primary N) is 2. The van der Waals surface area contributed by atoms with Crippen LogP contribution in [0.15, 0.2) is 108 Å². The SMILES string of the molecule is CC(C)[C@H](N)C(=O)N1CCC[C@H]1C1=NC(c2ccc3cc(-c4ccc(-c5cnc([C@@H]6C[C@@H](c7ccccc7)CN6C(=O)OC(C)(C)C)[nH]5)cc4)ccc3c2)=C[NH2+]1. The van der Waals surface area contributed by atoms with Crippen LogP contribution >= 0.6 is 0 Å². The molecule has 4 aromatic carbocycles. The molecule has 0 unspecified atom stereocenters. The number of nitrogens with one attached hydrogen (secondary N) is 1. The first-order chi connectivity index (χ1) is 26.9. The van der Waals surface area contributed by atoms with Gasteiger partial charge < -0.3 is 20.4 Å². The van der Waals surface area contributed by atoms with Crippen molar-refractivity contribution in [3.63, 3.8) is 0 Å². The first-order valence-electron chi connectivity index (χ1n) is 19.9. The molecule has 4 heterocycles. The van der Waals surface area contributed by atoms with E-state index in [-0.39, 0.29) is 35.9 Å². The van der Waals surface area contributed by atoms with Crippen molar-refractivity contribution in [1.82, 2.24) is 19.8 Å². The Bertz CT molecular complexity index is 2300. The number of quaternary nitrogens is 1. The second-order valence-electron chi connectivity index (χ2n) is 16.7. The first kappa shape index (κ1) is 37.3. The van der Waals surface area contributed by atoms with Crippen LogP contribution in [0.3, 0.4) is 0 Å². The maximum absolute atomic E-state index is 13.4. The van der Waals surface area contributed by atoms with E-state index in [2.05, 4.69) is 89.3 Å². The highest BCUT2D eigenvalue weighted by Gasteiger charge is 2.41. The Morgan fingerprint density at radius 1 is 0.875 bits per heavy atom. The van der Waals surface area contributed by atoms with Gasteiger partial charge >= 0.3 is 6.09 Å². The van der Waals surface area contributed by atoms with Crippen molar-refractivity contribution in [2.45, 2.75) is 83.5 Å². The highest BCUT2D eigenvalue weighted by Crippen LogP contribution is 2.41. The van der Waals surface area contributed by atoms with E-state index in [1.165, 1.54) is 5.56 Å². The van der Waals surface area contributed by atoms with E-state index in [1.807, 2.05) is 68.8 Å². The number of ether oxygens (including phenoxy) is 1. The summed E-state index contributed by atoms with van der Waals surface area (Å²) in [5, 5.41) is 4.35. The van der Waals surface area contributed by atoms with E-state index < -0.39 is 11.6 Å². The average Bonchev–Trinajstić information content (AvgIpc) is 4.03. The molecule has 0 spiro atoms. The summed E-state index contributed by atoms with van der Waals surface area (Å²) < 4.78 is 5.82. The number of H-pyrrole nitrogens is 1. The number of hydrogen-bond donors (Lipinski definition) is 3. The number of amides is 2. The molecule has 2 saturated heterocycles. The van der Waals surface area contributed by atoms with Crippen molar-refractivity contribution in [3.8, 4) is 22.4 Å². The van der Waals surface area contributed by atoms with E-state index in [1.54, 1.807) is 0 Å². The summed E-state index contributed by atoms with van der Waals surface area (Å²) in [5.74, 6) is 2.00. The van der Waals surface area contributed by atoms with Crippen LogP contribution in [0.25, 0.3) is 38.9 Å². The fourth-order valence-electron chi connectivity index (χ4n) is 8.20. The van der Waals surface area contributed by atoms with E-state index in [9.17, 15) is 9.59 Å². The molecule has 0 saturated carbocycles. The number of imidazole rings is 1. The third-order valence-corrected chi connectivity index (χ3v) is 11.3. The maximum atomic E-state index is 13.4. The minimum atomic E-state index is -0.590. The molecule has 4 atom stereocenters. The van der Waals surface area contributed by atoms with Gasteiger partial charge in [0.2, 0.25) is 11.7 Å². The van der Waals surface area contributed by atoms with Gasteiger partial charge in [-0.2, -0.15) is 4.99 Å². The van der Waals surface area contributed by atoms with E-state index in [0.29, 0.717) is 6.54 Å². The number of amidine groups is 1. The van der Waals surface area contributed by atoms with Gasteiger partial charge in [-0.25, -0.2) is 9.78 Å². The molecule has 3 aliphatic heterocycles. The van der Waals surface area contributed by atoms with Gasteiger partial charge in [-0.3, -0.25) is 15.0 Å². The Balaban J connectivity index is 0.962. The van der Waals surface area contributed by atoms with Crippen molar-refractivity contribution < 1.29 is 19.6 Å². The number of aromatic amines is 1. The predicted octanol–water partition coefficient (Wildman–Crippen LogP) is 7.61. The predicted molar refractivity (Wildman–Crippen MR) is 221 cm³/mol. The molecule has 2 fully saturated rings. The number of hydrogen-bond acceptors (Lipinski definition) is 6. The quantitative estimate of drug-likeness (QED) is 0.150. The van der Waals surface area contributed by atoms with E-state index in [4.69, 9.17) is 20.4 Å². The number of benzene rings is 4. The van der Waals surface area contributed by atoms with Crippen LogP contribution in [-0.2, 0) is 9.53 Å². The van der Waals surface area contributed by atoms with Crippen molar-refractivity contribution in [2.24, 2.45) is 16.6 Å². The van der Waals surface area contributed by atoms with Crippen molar-refractivity contribution in [3.05, 3.63) is 120 Å². The van der Waals surface area contributed by atoms with Gasteiger partial charge in [-0.15, -0.1) is 0 Å². The second kappa shape index (κ2) is 15.2. The van der Waals surface area contributed by atoms with Gasteiger partial charge in [0.1, 0.15) is 29.4 Å². The molecule has 0 bridgehead atoms. The molecule has 10 nitrogen and oxygen atoms in total. The Labute approximate surface area is 328 Å². The standard InChI is InChI=1S/C46H51N7O3/c1-28(2)41(47)44(54)52-21-9-12-39(52)42-48-26-38(51-42)35-20-19-33-22-32(17-18-34(33)23-35)30-13-15-31(16-14-30)37-25-49-43(50-37)40-24-36(29-10-7-6-8-11-29)27-53(40)45(55)56-46(3,4)5/h6-8,10-11,13-20,22-23,25-26,28,36,39-41H,9,12,21,24,27,47H2,1-5H3,(H,48,51)(H,49,50)/p+1/t36-,39+,40+,41+/m1/s1. The third kappa shape index (κ3) is 7.63. The Morgan fingerprint density at radius 3 is 2.27 bits per heavy atom. The highest BCUT2D eigenvalue weighted by atomic mass is 16.6. The molecular weight excluding hydrogens is 699 g/mol. The lowest BCUT2D eigenvalue weighted by molar-refractivity contribution is -0.461. The number of fused-ring (bicyclic) bond motifs is 1. The molecule has 1 aromatic heterocycles. The summed E-state index contributed by atoms with van der Waals surface area (Å²) in [6.07, 6.45) is 6.23. The summed E-state index contributed by atoms with van der Waals surface area (Å²) in [6, 6.07) is 31.1. The smallest absolute Gasteiger partial charge is 0.410 e. The van der Waals surface area contributed by atoms with Gasteiger partial charge in [0.25, 0.3) is 0 Å². The molecule has 5 N–H and O–H groups in total. The summed E-state index contributed by atoms with van der Waals surface area (Å²) >= 11 is 0. The lowest BCUT2D eigenvalue weighted by Crippen LogP contribution is -2.84. The van der Waals surface area contributed by atoms with Crippen molar-refractivity contribution in [1.29, 1.82) is 0 Å². The monoisotopic (exact) mass is 750 g/mol. The summed E-state index contributed by atoms with van der Waals surface area (Å²) in [7, 11) is 0. The van der Waals surface area contributed by atoms with E-state index >= 15 is 0 Å². The molecule has 56 heavy (non-hydrogen) atoms. The lowest BCUT2D eigenvalue weighted by Gasteiger charge is -2.27. The van der Waals surface area contributed by atoms with E-state index in [0.717, 1.165) is 81.9 Å². The van der Waals surface area contributed by atoms with Crippen LogP contribution in [0.2, 0.25) is 0 Å². The Morgan fingerprint density at radius 2 is 1.55 bits per heavy atom. The normalized spacial score (nSPS) is 20.4. The third-order valence-electron chi connectivity index (χ3n) is 11.3. The molecule has 5 aromatic rings. The van der Waals surface area contributed by atoms with Crippen LogP contribution in [0.5, 0.6) is 0 Å². The molecule has 0 aliphatic carbocycles. The zero-order chi connectivity index (χ0) is 39.1. The van der Waals surface area contributed by atoms with Crippen LogP contribution in [0.4, 0.5) is 4.79 Å². The van der Waals surface area contributed by atoms with Crippen molar-refractivity contribution in [2.75, 3.05) is 13.1 Å². The minimum absolute atomic E-state index is 0.0172. The van der Waals surface area contributed by atoms with Crippen LogP contribution in [0.1, 0.15) is 82.8 Å². The number of carbonyl (C=O) groups is 2. The second-order valence-corrected chi connectivity index (χ2v) is 16.7. The number of carbonyl (C=O) groups excluding carboxylic acids is 2. The summed E-state index contributed by atoms with van der Waals surface area (Å²) in [5.41, 5.74) is 13.0. The topological polar surface area (TPSA) is 134 Å². The number of likely N-dealkylation sites (tertiary alicyclic amines) is 2. The lowest BCUT2D eigenvalue weighted by atomic mass is 9.96. The summed E-state index contributed by atoms with van der Waals surface area (Å²) in [6.45, 7) is 11.0. The van der Waals surface area contributed by atoms with Crippen molar-refractivity contribution >= 4 is 34.3 Å². The van der Waals surface area contributed by atoms with Gasteiger partial charge in [0.15, 0.2) is 0 Å². The Kier molecular flexibility index (Phi) is 10.1. The van der Waals surface area contributed by atoms with Gasteiger partial charge in [0.05, 0.1) is 24.0 Å². The average molecular weight is 751 g/mol. The van der Waals surface area contributed by atoms with Crippen LogP contribution in [0, 0.1) is 5.92 Å². The fourth-order valence-corrected chi connectivity index (χ4v) is 8.20. The zero-order valence-corrected chi connectivity index (χ0v) is 32.9. The molecule has 2 amide bonds. The number of aliphatic imine (C=N–C) groups is 1. The molecule has 8 rings (SSSR count). The Hall–Kier alpha value is -5.58.